The van der Waals surface area contributed by atoms with Crippen LogP contribution in [-0.2, 0) is 14.3 Å². The average Bonchev–Trinajstić information content (AvgIpc) is 3.23. The average molecular weight is 486 g/mol. The Hall–Kier alpha value is -1.80. The number of ether oxygens (including phenoxy) is 2. The number of hydrogen-bond acceptors (Lipinski definition) is 4. The fraction of sp³-hybridized carbons (Fsp3) is 0.806. The minimum absolute atomic E-state index is 0.0643. The zero-order valence-electron chi connectivity index (χ0n) is 23.5. The second-order valence-electron chi connectivity index (χ2n) is 10.2. The lowest BCUT2D eigenvalue weighted by Gasteiger charge is -2.59. The van der Waals surface area contributed by atoms with E-state index in [1.807, 2.05) is 27.7 Å². The molecule has 0 spiro atoms. The van der Waals surface area contributed by atoms with Gasteiger partial charge in [0.05, 0.1) is 31.3 Å². The summed E-state index contributed by atoms with van der Waals surface area (Å²) in [4.78, 5) is 13.5. The lowest BCUT2D eigenvalue weighted by atomic mass is 9.44. The van der Waals surface area contributed by atoms with Crippen LogP contribution in [0.5, 0.6) is 0 Å². The van der Waals surface area contributed by atoms with Crippen LogP contribution in [-0.4, -0.2) is 32.2 Å². The second-order valence-corrected chi connectivity index (χ2v) is 10.2. The first-order valence-corrected chi connectivity index (χ1v) is 13.6. The fourth-order valence-electron chi connectivity index (χ4n) is 7.78. The minimum Gasteiger partial charge on any atom is -0.382 e. The molecule has 4 aliphatic rings. The monoisotopic (exact) mass is 485 g/mol. The Bertz CT molecular complexity index is 699. The zero-order chi connectivity index (χ0) is 27.2. The first-order chi connectivity index (χ1) is 16.9. The maximum Gasteiger partial charge on any atom is 0.137 e. The number of hydrogen-bond donors (Lipinski definition) is 0. The standard InChI is InChI=1S/C23H35NO3.2C2H6.2C2H2/c1-22-13-20(25)21-18(19(22)9-6-16(22)14-24)8-5-15-4-7-17(12-23(15,21)2)27-11-10-26-3;4*1-2/h15-19,21H,4-13H2,1-3H3;2*1-2H3;2*1-2H. The van der Waals surface area contributed by atoms with Crippen molar-refractivity contribution in [2.45, 2.75) is 99.0 Å². The van der Waals surface area contributed by atoms with E-state index in [0.29, 0.717) is 43.2 Å². The molecule has 0 aromatic carbocycles. The van der Waals surface area contributed by atoms with Crippen LogP contribution in [0.15, 0.2) is 0 Å². The number of rotatable bonds is 4. The van der Waals surface area contributed by atoms with Gasteiger partial charge in [0.2, 0.25) is 0 Å². The molecule has 4 saturated carbocycles. The van der Waals surface area contributed by atoms with Gasteiger partial charge < -0.3 is 9.47 Å². The number of terminal acetylenes is 2. The molecule has 0 heterocycles. The first-order valence-electron chi connectivity index (χ1n) is 13.6. The fourth-order valence-corrected chi connectivity index (χ4v) is 7.78. The van der Waals surface area contributed by atoms with Gasteiger partial charge in [-0.2, -0.15) is 5.26 Å². The molecule has 0 N–H and O–H groups in total. The van der Waals surface area contributed by atoms with Gasteiger partial charge in [0, 0.05) is 19.4 Å². The quantitative estimate of drug-likeness (QED) is 0.320. The molecule has 0 aromatic heterocycles. The number of ketones is 1. The minimum atomic E-state index is -0.0841. The molecule has 8 atom stereocenters. The summed E-state index contributed by atoms with van der Waals surface area (Å²) in [5.74, 6) is 2.38. The summed E-state index contributed by atoms with van der Waals surface area (Å²) < 4.78 is 11.3. The van der Waals surface area contributed by atoms with E-state index in [1.54, 1.807) is 7.11 Å². The van der Waals surface area contributed by atoms with Gasteiger partial charge in [-0.15, -0.1) is 25.7 Å². The molecular weight excluding hydrogens is 434 g/mol. The summed E-state index contributed by atoms with van der Waals surface area (Å²) in [6, 6.07) is 2.54. The van der Waals surface area contributed by atoms with Gasteiger partial charge in [0.1, 0.15) is 5.78 Å². The largest absolute Gasteiger partial charge is 0.382 e. The van der Waals surface area contributed by atoms with Gasteiger partial charge in [0.15, 0.2) is 0 Å². The summed E-state index contributed by atoms with van der Waals surface area (Å²) in [5.41, 5.74) is -0.0126. The molecule has 4 fully saturated rings. The number of carbonyl (C=O) groups is 1. The molecule has 0 saturated heterocycles. The molecule has 8 unspecified atom stereocenters. The molecule has 4 heteroatoms. The van der Waals surface area contributed by atoms with Crippen molar-refractivity contribution in [2.24, 2.45) is 40.4 Å². The van der Waals surface area contributed by atoms with Crippen molar-refractivity contribution >= 4 is 5.78 Å². The topological polar surface area (TPSA) is 59.3 Å². The maximum atomic E-state index is 13.5. The van der Waals surface area contributed by atoms with E-state index >= 15 is 0 Å². The SMILES string of the molecule is C#C.C#C.CC.CC.COCCOC1CCC2CCC3C4CCC(C#N)C4(C)CC(=O)C3C2(C)C1. The Labute approximate surface area is 216 Å². The second kappa shape index (κ2) is 16.0. The molecule has 0 amide bonds. The van der Waals surface area contributed by atoms with Crippen LogP contribution in [0.25, 0.3) is 0 Å². The Morgan fingerprint density at radius 1 is 0.914 bits per heavy atom. The van der Waals surface area contributed by atoms with Crippen LogP contribution in [0, 0.1) is 77.4 Å². The van der Waals surface area contributed by atoms with Crippen LogP contribution in [0.2, 0.25) is 0 Å². The van der Waals surface area contributed by atoms with Crippen LogP contribution < -0.4 is 0 Å². The highest BCUT2D eigenvalue weighted by Crippen LogP contribution is 2.66. The molecule has 0 aliphatic heterocycles. The number of Topliss-reactive ketones (excluding diaryl/α,β-unsaturated/α-hetero) is 1. The van der Waals surface area contributed by atoms with Gasteiger partial charge in [-0.25, -0.2) is 0 Å². The Morgan fingerprint density at radius 3 is 2.09 bits per heavy atom. The predicted molar refractivity (Wildman–Crippen MR) is 145 cm³/mol. The van der Waals surface area contributed by atoms with E-state index in [-0.39, 0.29) is 28.8 Å². The number of carbonyl (C=O) groups excluding carboxylic acids is 1. The third kappa shape index (κ3) is 6.70. The maximum absolute atomic E-state index is 13.5. The Kier molecular flexibility index (Phi) is 15.2. The van der Waals surface area contributed by atoms with E-state index in [2.05, 4.69) is 45.6 Å². The highest BCUT2D eigenvalue weighted by atomic mass is 16.5. The molecule has 35 heavy (non-hydrogen) atoms. The van der Waals surface area contributed by atoms with E-state index in [9.17, 15) is 10.1 Å². The van der Waals surface area contributed by atoms with E-state index in [0.717, 1.165) is 25.7 Å². The van der Waals surface area contributed by atoms with Gasteiger partial charge in [-0.05, 0) is 73.5 Å². The van der Waals surface area contributed by atoms with Crippen molar-refractivity contribution in [2.75, 3.05) is 20.3 Å². The van der Waals surface area contributed by atoms with Crippen LogP contribution in [0.3, 0.4) is 0 Å². The van der Waals surface area contributed by atoms with Crippen LogP contribution in [0.1, 0.15) is 92.9 Å². The summed E-state index contributed by atoms with van der Waals surface area (Å²) in [6.45, 7) is 13.9. The van der Waals surface area contributed by atoms with E-state index in [4.69, 9.17) is 9.47 Å². The van der Waals surface area contributed by atoms with Gasteiger partial charge in [0.25, 0.3) is 0 Å². The van der Waals surface area contributed by atoms with Gasteiger partial charge >= 0.3 is 0 Å². The lowest BCUT2D eigenvalue weighted by Crippen LogP contribution is -2.58. The summed E-state index contributed by atoms with van der Waals surface area (Å²) in [7, 11) is 1.71. The van der Waals surface area contributed by atoms with Crippen molar-refractivity contribution in [3.63, 3.8) is 0 Å². The number of fused-ring (bicyclic) bond motifs is 5. The molecular formula is C31H51NO3. The van der Waals surface area contributed by atoms with Crippen LogP contribution in [0.4, 0.5) is 0 Å². The van der Waals surface area contributed by atoms with Crippen LogP contribution >= 0.6 is 0 Å². The molecule has 4 rings (SSSR count). The molecule has 4 nitrogen and oxygen atoms in total. The Balaban J connectivity index is 0.00000132. The lowest BCUT2D eigenvalue weighted by molar-refractivity contribution is -0.164. The number of methoxy groups -OCH3 is 1. The first kappa shape index (κ1) is 33.2. The van der Waals surface area contributed by atoms with Gasteiger partial charge in [-0.1, -0.05) is 41.5 Å². The highest BCUT2D eigenvalue weighted by molar-refractivity contribution is 5.84. The molecule has 0 bridgehead atoms. The normalized spacial score (nSPS) is 38.3. The number of nitriles is 1. The van der Waals surface area contributed by atoms with Crippen molar-refractivity contribution in [3.05, 3.63) is 0 Å². The molecule has 4 aliphatic carbocycles. The highest BCUT2D eigenvalue weighted by Gasteiger charge is 2.63. The van der Waals surface area contributed by atoms with E-state index in [1.165, 1.54) is 19.3 Å². The predicted octanol–water partition coefficient (Wildman–Crippen LogP) is 6.93. The molecule has 0 radical (unpaired) electrons. The molecule has 0 aromatic rings. The zero-order valence-corrected chi connectivity index (χ0v) is 23.5. The number of nitrogens with zero attached hydrogens (tertiary/aromatic N) is 1. The van der Waals surface area contributed by atoms with Crippen molar-refractivity contribution in [1.29, 1.82) is 5.26 Å². The smallest absolute Gasteiger partial charge is 0.137 e. The third-order valence-electron chi connectivity index (χ3n) is 9.05. The van der Waals surface area contributed by atoms with Crippen molar-refractivity contribution < 1.29 is 14.3 Å². The Morgan fingerprint density at radius 2 is 1.51 bits per heavy atom. The summed E-state index contributed by atoms with van der Waals surface area (Å²) >= 11 is 0. The van der Waals surface area contributed by atoms with Gasteiger partial charge in [-0.3, -0.25) is 4.79 Å². The molecule has 198 valence electrons. The summed E-state index contributed by atoms with van der Waals surface area (Å²) in [6.07, 6.45) is 24.8. The summed E-state index contributed by atoms with van der Waals surface area (Å²) in [5, 5.41) is 9.64. The van der Waals surface area contributed by atoms with Crippen molar-refractivity contribution in [1.82, 2.24) is 0 Å². The third-order valence-corrected chi connectivity index (χ3v) is 9.05. The van der Waals surface area contributed by atoms with E-state index < -0.39 is 0 Å². The van der Waals surface area contributed by atoms with Crippen molar-refractivity contribution in [3.8, 4) is 31.8 Å².